The van der Waals surface area contributed by atoms with Crippen molar-refractivity contribution in [3.8, 4) is 5.88 Å². The second-order valence-corrected chi connectivity index (χ2v) is 6.24. The first-order valence-corrected chi connectivity index (χ1v) is 8.66. The Morgan fingerprint density at radius 1 is 1.27 bits per heavy atom. The number of carbonyl (C=O) groups excluding carboxylic acids is 2. The zero-order chi connectivity index (χ0) is 19.1. The minimum Gasteiger partial charge on any atom is -0.479 e. The zero-order valence-corrected chi connectivity index (χ0v) is 15.8. The third kappa shape index (κ3) is 5.08. The van der Waals surface area contributed by atoms with Crippen molar-refractivity contribution in [3.05, 3.63) is 41.6 Å². The summed E-state index contributed by atoms with van der Waals surface area (Å²) in [6, 6.07) is 7.80. The molecule has 1 aromatic heterocycles. The van der Waals surface area contributed by atoms with Gasteiger partial charge in [0.1, 0.15) is 5.56 Å². The number of aryl methyl sites for hydroxylation is 2. The van der Waals surface area contributed by atoms with Crippen molar-refractivity contribution in [2.75, 3.05) is 26.0 Å². The van der Waals surface area contributed by atoms with E-state index in [4.69, 9.17) is 4.74 Å². The Morgan fingerprint density at radius 2 is 1.96 bits per heavy atom. The van der Waals surface area contributed by atoms with Crippen LogP contribution >= 0.6 is 0 Å². The molecule has 26 heavy (non-hydrogen) atoms. The maximum absolute atomic E-state index is 12.5. The lowest BCUT2D eigenvalue weighted by Gasteiger charge is -2.16. The van der Waals surface area contributed by atoms with Crippen LogP contribution in [0.5, 0.6) is 5.88 Å². The molecule has 1 N–H and O–H groups in total. The van der Waals surface area contributed by atoms with Gasteiger partial charge in [-0.1, -0.05) is 25.5 Å². The third-order valence-corrected chi connectivity index (χ3v) is 4.00. The molecular formula is C19H26N4O3. The van der Waals surface area contributed by atoms with Crippen molar-refractivity contribution in [1.29, 1.82) is 0 Å². The highest BCUT2D eigenvalue weighted by Gasteiger charge is 2.21. The molecular weight excluding hydrogens is 332 g/mol. The smallest absolute Gasteiger partial charge is 0.261 e. The van der Waals surface area contributed by atoms with Gasteiger partial charge in [0, 0.05) is 26.0 Å². The number of nitrogens with one attached hydrogen (secondary N) is 1. The fourth-order valence-corrected chi connectivity index (χ4v) is 2.59. The molecule has 0 bridgehead atoms. The van der Waals surface area contributed by atoms with Gasteiger partial charge >= 0.3 is 0 Å². The van der Waals surface area contributed by atoms with Gasteiger partial charge in [0.2, 0.25) is 11.8 Å². The summed E-state index contributed by atoms with van der Waals surface area (Å²) in [5.41, 5.74) is 2.29. The van der Waals surface area contributed by atoms with E-state index < -0.39 is 0 Å². The lowest BCUT2D eigenvalue weighted by Crippen LogP contribution is -2.35. The van der Waals surface area contributed by atoms with Crippen molar-refractivity contribution in [3.63, 3.8) is 0 Å². The van der Waals surface area contributed by atoms with Gasteiger partial charge in [-0.2, -0.15) is 0 Å². The van der Waals surface area contributed by atoms with Gasteiger partial charge in [0.05, 0.1) is 13.7 Å². The van der Waals surface area contributed by atoms with Crippen LogP contribution < -0.4 is 10.1 Å². The minimum absolute atomic E-state index is 0.0610. The molecule has 0 atom stereocenters. The quantitative estimate of drug-likeness (QED) is 0.786. The predicted molar refractivity (Wildman–Crippen MR) is 100 cm³/mol. The van der Waals surface area contributed by atoms with E-state index in [1.165, 1.54) is 22.3 Å². The fourth-order valence-electron chi connectivity index (χ4n) is 2.59. The summed E-state index contributed by atoms with van der Waals surface area (Å²) in [4.78, 5) is 26.0. The van der Waals surface area contributed by atoms with Gasteiger partial charge in [0.25, 0.3) is 5.91 Å². The molecule has 0 unspecified atom stereocenters. The molecule has 2 rings (SSSR count). The Hall–Kier alpha value is -2.83. The first kappa shape index (κ1) is 19.5. The number of anilines is 1. The normalized spacial score (nSPS) is 10.5. The number of methoxy groups -OCH3 is 1. The van der Waals surface area contributed by atoms with Gasteiger partial charge in [-0.05, 0) is 30.5 Å². The van der Waals surface area contributed by atoms with Crippen LogP contribution in [0, 0.1) is 0 Å². The molecule has 2 aromatic rings. The van der Waals surface area contributed by atoms with Crippen LogP contribution in [0.25, 0.3) is 0 Å². The number of carbonyl (C=O) groups is 2. The summed E-state index contributed by atoms with van der Waals surface area (Å²) >= 11 is 0. The number of hydrogen-bond acceptors (Lipinski definition) is 4. The molecule has 7 heteroatoms. The summed E-state index contributed by atoms with van der Waals surface area (Å²) in [7, 11) is 4.73. The van der Waals surface area contributed by atoms with Gasteiger partial charge in [-0.15, -0.1) is 5.10 Å². The molecule has 0 aliphatic rings. The van der Waals surface area contributed by atoms with Crippen LogP contribution in [0.2, 0.25) is 0 Å². The first-order valence-electron chi connectivity index (χ1n) is 8.66. The Bertz CT molecular complexity index is 753. The first-order chi connectivity index (χ1) is 12.4. The van der Waals surface area contributed by atoms with Gasteiger partial charge in [-0.25, -0.2) is 0 Å². The van der Waals surface area contributed by atoms with Crippen molar-refractivity contribution in [2.45, 2.75) is 26.2 Å². The molecule has 0 saturated carbocycles. The van der Waals surface area contributed by atoms with E-state index in [-0.39, 0.29) is 24.2 Å². The molecule has 140 valence electrons. The Kier molecular flexibility index (Phi) is 6.77. The van der Waals surface area contributed by atoms with Crippen LogP contribution in [0.1, 0.15) is 35.7 Å². The molecule has 0 fully saturated rings. The molecule has 7 nitrogen and oxygen atoms in total. The van der Waals surface area contributed by atoms with Gasteiger partial charge < -0.3 is 15.0 Å². The van der Waals surface area contributed by atoms with E-state index in [0.717, 1.165) is 24.9 Å². The molecule has 0 spiro atoms. The molecule has 2 amide bonds. The topological polar surface area (TPSA) is 76.5 Å². The number of hydrogen-bond donors (Lipinski definition) is 1. The highest BCUT2D eigenvalue weighted by atomic mass is 16.5. The van der Waals surface area contributed by atoms with Crippen LogP contribution in [0.15, 0.2) is 30.5 Å². The Labute approximate surface area is 153 Å². The van der Waals surface area contributed by atoms with E-state index in [1.807, 2.05) is 24.3 Å². The fraction of sp³-hybridized carbons (Fsp3) is 0.421. The number of unbranched alkanes of at least 4 members (excludes halogenated alkanes) is 1. The highest BCUT2D eigenvalue weighted by molar-refractivity contribution is 6.00. The van der Waals surface area contributed by atoms with Crippen LogP contribution in [-0.2, 0) is 18.3 Å². The molecule has 1 heterocycles. The molecule has 0 radical (unpaired) electrons. The Morgan fingerprint density at radius 3 is 2.58 bits per heavy atom. The van der Waals surface area contributed by atoms with E-state index in [2.05, 4.69) is 17.3 Å². The van der Waals surface area contributed by atoms with Crippen molar-refractivity contribution in [1.82, 2.24) is 14.7 Å². The van der Waals surface area contributed by atoms with Gasteiger partial charge in [-0.3, -0.25) is 14.3 Å². The second-order valence-electron chi connectivity index (χ2n) is 6.24. The molecule has 0 aliphatic carbocycles. The maximum Gasteiger partial charge on any atom is 0.261 e. The standard InChI is InChI=1S/C19H26N4O3/c1-5-6-7-14-8-10-15(11-9-14)20-17(24)13-22(2)19(25)16-12-23(3)21-18(16)26-4/h8-12H,5-7,13H2,1-4H3,(H,20,24). The molecule has 1 aromatic carbocycles. The number of amides is 2. The van der Waals surface area contributed by atoms with Crippen LogP contribution in [-0.4, -0.2) is 47.2 Å². The number of nitrogens with zero attached hydrogens (tertiary/aromatic N) is 3. The third-order valence-electron chi connectivity index (χ3n) is 4.00. The average Bonchev–Trinajstić information content (AvgIpc) is 3.01. The summed E-state index contributed by atoms with van der Waals surface area (Å²) in [6.45, 7) is 2.10. The SMILES string of the molecule is CCCCc1ccc(NC(=O)CN(C)C(=O)c2cn(C)nc2OC)cc1. The minimum atomic E-state index is -0.319. The van der Waals surface area contributed by atoms with E-state index >= 15 is 0 Å². The lowest BCUT2D eigenvalue weighted by atomic mass is 10.1. The predicted octanol–water partition coefficient (Wildman–Crippen LogP) is 2.48. The van der Waals surface area contributed by atoms with Crippen molar-refractivity contribution >= 4 is 17.5 Å². The van der Waals surface area contributed by atoms with Crippen LogP contribution in [0.3, 0.4) is 0 Å². The number of aromatic nitrogens is 2. The second kappa shape index (κ2) is 9.03. The van der Waals surface area contributed by atoms with E-state index in [1.54, 1.807) is 20.3 Å². The number of likely N-dealkylation sites (N-methyl/N-ethyl adjacent to an activating group) is 1. The molecule has 0 aliphatic heterocycles. The average molecular weight is 358 g/mol. The van der Waals surface area contributed by atoms with Crippen molar-refractivity contribution in [2.24, 2.45) is 7.05 Å². The monoisotopic (exact) mass is 358 g/mol. The number of benzene rings is 1. The largest absolute Gasteiger partial charge is 0.479 e. The highest BCUT2D eigenvalue weighted by Crippen LogP contribution is 2.17. The summed E-state index contributed by atoms with van der Waals surface area (Å²) in [5, 5.41) is 6.87. The van der Waals surface area contributed by atoms with E-state index in [0.29, 0.717) is 5.56 Å². The maximum atomic E-state index is 12.5. The zero-order valence-electron chi connectivity index (χ0n) is 15.8. The summed E-state index contributed by atoms with van der Waals surface area (Å²) in [6.07, 6.45) is 4.91. The Balaban J connectivity index is 1.93. The van der Waals surface area contributed by atoms with E-state index in [9.17, 15) is 9.59 Å². The summed E-state index contributed by atoms with van der Waals surface area (Å²) in [5.74, 6) is -0.336. The summed E-state index contributed by atoms with van der Waals surface area (Å²) < 4.78 is 6.60. The number of ether oxygens (including phenoxy) is 1. The van der Waals surface area contributed by atoms with Gasteiger partial charge in [0.15, 0.2) is 0 Å². The molecule has 0 saturated heterocycles. The van der Waals surface area contributed by atoms with Crippen molar-refractivity contribution < 1.29 is 14.3 Å². The van der Waals surface area contributed by atoms with Crippen LogP contribution in [0.4, 0.5) is 5.69 Å². The lowest BCUT2D eigenvalue weighted by molar-refractivity contribution is -0.116. The number of rotatable bonds is 8.